The molecular formula is C20H16F3N3O3. The first-order chi connectivity index (χ1) is 13.8. The van der Waals surface area contributed by atoms with Crippen molar-refractivity contribution in [3.05, 3.63) is 72.1 Å². The predicted octanol–water partition coefficient (Wildman–Crippen LogP) is 4.26. The van der Waals surface area contributed by atoms with Crippen LogP contribution in [-0.4, -0.2) is 27.9 Å². The maximum atomic E-state index is 12.6. The van der Waals surface area contributed by atoms with Crippen LogP contribution < -0.4 is 10.1 Å². The van der Waals surface area contributed by atoms with Gasteiger partial charge in [-0.05, 0) is 48.0 Å². The molecule has 0 saturated carbocycles. The van der Waals surface area contributed by atoms with E-state index in [1.54, 1.807) is 12.1 Å². The Morgan fingerprint density at radius 3 is 2.59 bits per heavy atom. The molecule has 3 rings (SSSR count). The third-order valence-electron chi connectivity index (χ3n) is 3.94. The van der Waals surface area contributed by atoms with Gasteiger partial charge in [-0.25, -0.2) is 4.68 Å². The summed E-state index contributed by atoms with van der Waals surface area (Å²) >= 11 is 0. The average Bonchev–Trinajstić information content (AvgIpc) is 3.15. The van der Waals surface area contributed by atoms with Crippen molar-refractivity contribution in [1.82, 2.24) is 9.78 Å². The van der Waals surface area contributed by atoms with Crippen molar-refractivity contribution in [2.24, 2.45) is 0 Å². The van der Waals surface area contributed by atoms with E-state index in [0.717, 1.165) is 12.1 Å². The molecule has 0 aliphatic rings. The smallest absolute Gasteiger partial charge is 0.416 e. The van der Waals surface area contributed by atoms with E-state index in [9.17, 15) is 23.1 Å². The van der Waals surface area contributed by atoms with E-state index >= 15 is 0 Å². The fourth-order valence-corrected chi connectivity index (χ4v) is 2.49. The van der Waals surface area contributed by atoms with Gasteiger partial charge in [0.2, 0.25) is 5.91 Å². The summed E-state index contributed by atoms with van der Waals surface area (Å²) in [5, 5.41) is 16.2. The molecule has 0 atom stereocenters. The zero-order valence-corrected chi connectivity index (χ0v) is 15.1. The van der Waals surface area contributed by atoms with Crippen LogP contribution in [0.3, 0.4) is 0 Å². The number of hydrogen-bond donors (Lipinski definition) is 2. The fraction of sp³-hybridized carbons (Fsp3) is 0.100. The maximum Gasteiger partial charge on any atom is 0.416 e. The summed E-state index contributed by atoms with van der Waals surface area (Å²) in [5.41, 5.74) is 0.696. The summed E-state index contributed by atoms with van der Waals surface area (Å²) < 4.78 is 44.2. The molecule has 6 nitrogen and oxygen atoms in total. The van der Waals surface area contributed by atoms with Gasteiger partial charge < -0.3 is 15.2 Å². The molecule has 150 valence electrons. The van der Waals surface area contributed by atoms with Gasteiger partial charge in [0, 0.05) is 6.08 Å². The second kappa shape index (κ2) is 8.09. The Hall–Kier alpha value is -3.75. The van der Waals surface area contributed by atoms with Gasteiger partial charge in [0.05, 0.1) is 36.4 Å². The summed E-state index contributed by atoms with van der Waals surface area (Å²) in [4.78, 5) is 12.1. The van der Waals surface area contributed by atoms with Gasteiger partial charge in [0.1, 0.15) is 0 Å². The number of phenols is 1. The van der Waals surface area contributed by atoms with E-state index in [4.69, 9.17) is 4.74 Å². The first kappa shape index (κ1) is 20.0. The number of ether oxygens (including phenoxy) is 1. The van der Waals surface area contributed by atoms with Crippen LogP contribution in [0.5, 0.6) is 11.5 Å². The molecule has 0 fully saturated rings. The van der Waals surface area contributed by atoms with Crippen molar-refractivity contribution in [1.29, 1.82) is 0 Å². The second-order valence-corrected chi connectivity index (χ2v) is 5.97. The van der Waals surface area contributed by atoms with Crippen LogP contribution in [0.15, 0.2) is 60.9 Å². The molecule has 9 heteroatoms. The zero-order chi connectivity index (χ0) is 21.0. The third kappa shape index (κ3) is 4.95. The number of amides is 1. The monoisotopic (exact) mass is 403 g/mol. The first-order valence-corrected chi connectivity index (χ1v) is 8.34. The molecular weight excluding hydrogens is 387 g/mol. The maximum absolute atomic E-state index is 12.6. The van der Waals surface area contributed by atoms with E-state index < -0.39 is 17.6 Å². The van der Waals surface area contributed by atoms with E-state index in [-0.39, 0.29) is 11.5 Å². The number of rotatable bonds is 5. The summed E-state index contributed by atoms with van der Waals surface area (Å²) in [7, 11) is 1.42. The number of methoxy groups -OCH3 is 1. The topological polar surface area (TPSA) is 76.4 Å². The number of aromatic nitrogens is 2. The molecule has 29 heavy (non-hydrogen) atoms. The van der Waals surface area contributed by atoms with Crippen molar-refractivity contribution >= 4 is 17.7 Å². The van der Waals surface area contributed by atoms with E-state index in [2.05, 4.69) is 10.4 Å². The number of aromatic hydroxyl groups is 1. The van der Waals surface area contributed by atoms with Crippen LogP contribution >= 0.6 is 0 Å². The Morgan fingerprint density at radius 1 is 1.21 bits per heavy atom. The standard InChI is InChI=1S/C20H16F3N3O3/c1-29-18-10-13(2-8-17(18)27)3-9-19(28)25-15-11-24-26(12-15)16-6-4-14(5-7-16)20(21,22)23/h2-12,27H,1H3,(H,25,28)/b9-3+. The molecule has 2 N–H and O–H groups in total. The molecule has 1 aromatic heterocycles. The molecule has 1 amide bonds. The highest BCUT2D eigenvalue weighted by atomic mass is 19.4. The van der Waals surface area contributed by atoms with Gasteiger partial charge in [-0.3, -0.25) is 4.79 Å². The summed E-state index contributed by atoms with van der Waals surface area (Å²) in [6.07, 6.45) is 1.29. The Balaban J connectivity index is 1.66. The van der Waals surface area contributed by atoms with Gasteiger partial charge in [0.25, 0.3) is 0 Å². The number of carbonyl (C=O) groups is 1. The van der Waals surface area contributed by atoms with Crippen LogP contribution in [0.2, 0.25) is 0 Å². The van der Waals surface area contributed by atoms with Crippen molar-refractivity contribution in [2.75, 3.05) is 12.4 Å². The highest BCUT2D eigenvalue weighted by molar-refractivity contribution is 6.01. The minimum absolute atomic E-state index is 0.00946. The van der Waals surface area contributed by atoms with Crippen LogP contribution in [0.4, 0.5) is 18.9 Å². The quantitative estimate of drug-likeness (QED) is 0.625. The van der Waals surface area contributed by atoms with Crippen molar-refractivity contribution < 1.29 is 27.8 Å². The van der Waals surface area contributed by atoms with Crippen LogP contribution in [0, 0.1) is 0 Å². The van der Waals surface area contributed by atoms with Gasteiger partial charge in [-0.2, -0.15) is 18.3 Å². The Bertz CT molecular complexity index is 1040. The molecule has 0 saturated heterocycles. The third-order valence-corrected chi connectivity index (χ3v) is 3.94. The Kier molecular flexibility index (Phi) is 5.58. The van der Waals surface area contributed by atoms with Crippen LogP contribution in [0.25, 0.3) is 11.8 Å². The molecule has 0 spiro atoms. The number of halogens is 3. The molecule has 2 aromatic carbocycles. The predicted molar refractivity (Wildman–Crippen MR) is 101 cm³/mol. The average molecular weight is 403 g/mol. The van der Waals surface area contributed by atoms with Gasteiger partial charge in [0.15, 0.2) is 11.5 Å². The number of carbonyl (C=O) groups excluding carboxylic acids is 1. The number of nitrogens with one attached hydrogen (secondary N) is 1. The van der Waals surface area contributed by atoms with Gasteiger partial charge in [-0.1, -0.05) is 6.07 Å². The van der Waals surface area contributed by atoms with Crippen molar-refractivity contribution in [2.45, 2.75) is 6.18 Å². The molecule has 0 radical (unpaired) electrons. The van der Waals surface area contributed by atoms with Crippen molar-refractivity contribution in [3.8, 4) is 17.2 Å². The molecule has 3 aromatic rings. The lowest BCUT2D eigenvalue weighted by atomic mass is 10.2. The molecule has 1 heterocycles. The minimum Gasteiger partial charge on any atom is -0.504 e. The van der Waals surface area contributed by atoms with E-state index in [1.807, 2.05) is 0 Å². The van der Waals surface area contributed by atoms with Crippen molar-refractivity contribution in [3.63, 3.8) is 0 Å². The number of alkyl halides is 3. The first-order valence-electron chi connectivity index (χ1n) is 8.34. The Labute approximate surface area is 163 Å². The lowest BCUT2D eigenvalue weighted by molar-refractivity contribution is -0.137. The molecule has 0 aliphatic carbocycles. The zero-order valence-electron chi connectivity index (χ0n) is 15.1. The summed E-state index contributed by atoms with van der Waals surface area (Å²) in [6.45, 7) is 0. The van der Waals surface area contributed by atoms with Crippen LogP contribution in [-0.2, 0) is 11.0 Å². The lowest BCUT2D eigenvalue weighted by Gasteiger charge is -2.07. The highest BCUT2D eigenvalue weighted by Crippen LogP contribution is 2.29. The number of hydrogen-bond acceptors (Lipinski definition) is 4. The highest BCUT2D eigenvalue weighted by Gasteiger charge is 2.30. The number of benzene rings is 2. The number of phenolic OH excluding ortho intramolecular Hbond substituents is 1. The normalized spacial score (nSPS) is 11.6. The molecule has 0 bridgehead atoms. The largest absolute Gasteiger partial charge is 0.504 e. The number of anilines is 1. The second-order valence-electron chi connectivity index (χ2n) is 5.97. The minimum atomic E-state index is -4.41. The lowest BCUT2D eigenvalue weighted by Crippen LogP contribution is -2.07. The van der Waals surface area contributed by atoms with Crippen LogP contribution in [0.1, 0.15) is 11.1 Å². The molecule has 0 unspecified atom stereocenters. The van der Waals surface area contributed by atoms with E-state index in [0.29, 0.717) is 16.9 Å². The SMILES string of the molecule is COc1cc(/C=C/C(=O)Nc2cnn(-c3ccc(C(F)(F)F)cc3)c2)ccc1O. The van der Waals surface area contributed by atoms with Gasteiger partial charge in [-0.15, -0.1) is 0 Å². The van der Waals surface area contributed by atoms with Gasteiger partial charge >= 0.3 is 6.18 Å². The summed E-state index contributed by atoms with van der Waals surface area (Å²) in [6, 6.07) is 9.14. The van der Waals surface area contributed by atoms with E-state index in [1.165, 1.54) is 54.5 Å². The number of nitrogens with zero attached hydrogens (tertiary/aromatic N) is 2. The molecule has 0 aliphatic heterocycles. The fourth-order valence-electron chi connectivity index (χ4n) is 2.49. The Morgan fingerprint density at radius 2 is 1.93 bits per heavy atom. The summed E-state index contributed by atoms with van der Waals surface area (Å²) in [5.74, 6) is -0.154.